The lowest BCUT2D eigenvalue weighted by Gasteiger charge is -2.19. The Labute approximate surface area is 94.7 Å². The smallest absolute Gasteiger partial charge is 0.0604 e. The fourth-order valence-corrected chi connectivity index (χ4v) is 2.23. The Kier molecular flexibility index (Phi) is 4.24. The molecule has 0 amide bonds. The minimum absolute atomic E-state index is 0.0267. The molecule has 0 aliphatic rings. The van der Waals surface area contributed by atoms with Gasteiger partial charge in [0.05, 0.1) is 6.10 Å². The molecule has 0 saturated carbocycles. The van der Waals surface area contributed by atoms with Crippen LogP contribution >= 0.6 is 23.2 Å². The molecule has 0 saturated heterocycles. The molecule has 2 atom stereocenters. The van der Waals surface area contributed by atoms with E-state index in [1.54, 1.807) is 18.2 Å². The van der Waals surface area contributed by atoms with Gasteiger partial charge in [-0.1, -0.05) is 43.1 Å². The van der Waals surface area contributed by atoms with Crippen molar-refractivity contribution in [2.75, 3.05) is 0 Å². The predicted molar refractivity (Wildman–Crippen MR) is 61.2 cm³/mol. The zero-order chi connectivity index (χ0) is 10.7. The number of aliphatic hydroxyl groups excluding tert-OH is 1. The highest BCUT2D eigenvalue weighted by molar-refractivity contribution is 6.36. The summed E-state index contributed by atoms with van der Waals surface area (Å²) in [6.45, 7) is 3.87. The average Bonchev–Trinajstić information content (AvgIpc) is 2.16. The van der Waals surface area contributed by atoms with Gasteiger partial charge < -0.3 is 5.11 Å². The maximum absolute atomic E-state index is 9.71. The largest absolute Gasteiger partial charge is 0.393 e. The van der Waals surface area contributed by atoms with Crippen LogP contribution in [0, 0.1) is 0 Å². The SMILES string of the molecule is CCC(O)C(C)c1c(Cl)cccc1Cl. The summed E-state index contributed by atoms with van der Waals surface area (Å²) in [6.07, 6.45) is 0.301. The molecule has 0 spiro atoms. The Morgan fingerprint density at radius 2 is 1.79 bits per heavy atom. The maximum atomic E-state index is 9.71. The second-order valence-electron chi connectivity index (χ2n) is 3.40. The van der Waals surface area contributed by atoms with Crippen LogP contribution in [0.1, 0.15) is 31.7 Å². The molecule has 0 aliphatic heterocycles. The summed E-state index contributed by atoms with van der Waals surface area (Å²) in [7, 11) is 0. The van der Waals surface area contributed by atoms with Crippen molar-refractivity contribution in [2.45, 2.75) is 32.3 Å². The lowest BCUT2D eigenvalue weighted by Crippen LogP contribution is -2.15. The van der Waals surface area contributed by atoms with Gasteiger partial charge in [0, 0.05) is 16.0 Å². The zero-order valence-corrected chi connectivity index (χ0v) is 9.81. The lowest BCUT2D eigenvalue weighted by atomic mass is 9.94. The molecule has 1 aromatic rings. The van der Waals surface area contributed by atoms with Crippen LogP contribution in [0.5, 0.6) is 0 Å². The Morgan fingerprint density at radius 1 is 1.29 bits per heavy atom. The van der Waals surface area contributed by atoms with Crippen molar-refractivity contribution in [3.05, 3.63) is 33.8 Å². The molecule has 14 heavy (non-hydrogen) atoms. The molecule has 0 radical (unpaired) electrons. The molecule has 1 aromatic carbocycles. The summed E-state index contributed by atoms with van der Waals surface area (Å²) in [5, 5.41) is 11.0. The Balaban J connectivity index is 3.05. The number of benzene rings is 1. The number of hydrogen-bond donors (Lipinski definition) is 1. The predicted octanol–water partition coefficient (Wildman–Crippen LogP) is 3.87. The molecular formula is C11H14Cl2O. The molecule has 0 heterocycles. The van der Waals surface area contributed by atoms with Gasteiger partial charge in [0.2, 0.25) is 0 Å². The molecule has 1 N–H and O–H groups in total. The fourth-order valence-electron chi connectivity index (χ4n) is 1.49. The van der Waals surface area contributed by atoms with E-state index >= 15 is 0 Å². The third kappa shape index (κ3) is 2.41. The number of aliphatic hydroxyl groups is 1. The van der Waals surface area contributed by atoms with Gasteiger partial charge in [0.1, 0.15) is 0 Å². The van der Waals surface area contributed by atoms with Crippen molar-refractivity contribution in [1.82, 2.24) is 0 Å². The van der Waals surface area contributed by atoms with E-state index in [0.717, 1.165) is 5.56 Å². The molecular weight excluding hydrogens is 219 g/mol. The van der Waals surface area contributed by atoms with E-state index in [9.17, 15) is 5.11 Å². The van der Waals surface area contributed by atoms with Crippen molar-refractivity contribution in [1.29, 1.82) is 0 Å². The van der Waals surface area contributed by atoms with Gasteiger partial charge >= 0.3 is 0 Å². The molecule has 3 heteroatoms. The van der Waals surface area contributed by atoms with E-state index in [1.165, 1.54) is 0 Å². The second-order valence-corrected chi connectivity index (χ2v) is 4.21. The van der Waals surface area contributed by atoms with Gasteiger partial charge in [-0.3, -0.25) is 0 Å². The fraction of sp³-hybridized carbons (Fsp3) is 0.455. The van der Waals surface area contributed by atoms with Gasteiger partial charge in [-0.05, 0) is 24.1 Å². The van der Waals surface area contributed by atoms with Crippen LogP contribution in [0.4, 0.5) is 0 Å². The van der Waals surface area contributed by atoms with Gasteiger partial charge in [-0.2, -0.15) is 0 Å². The average molecular weight is 233 g/mol. The van der Waals surface area contributed by atoms with E-state index in [0.29, 0.717) is 16.5 Å². The van der Waals surface area contributed by atoms with E-state index < -0.39 is 6.10 Å². The number of rotatable bonds is 3. The summed E-state index contributed by atoms with van der Waals surface area (Å²) in [5.74, 6) is -0.0267. The molecule has 0 bridgehead atoms. The van der Waals surface area contributed by atoms with Crippen molar-refractivity contribution in [3.63, 3.8) is 0 Å². The third-order valence-corrected chi connectivity index (χ3v) is 3.11. The molecule has 0 fully saturated rings. The minimum Gasteiger partial charge on any atom is -0.393 e. The maximum Gasteiger partial charge on any atom is 0.0604 e. The zero-order valence-electron chi connectivity index (χ0n) is 8.30. The molecule has 0 aliphatic carbocycles. The minimum atomic E-state index is -0.396. The summed E-state index contributed by atoms with van der Waals surface area (Å²) in [4.78, 5) is 0. The van der Waals surface area contributed by atoms with Crippen LogP contribution in [0.25, 0.3) is 0 Å². The highest BCUT2D eigenvalue weighted by Gasteiger charge is 2.19. The van der Waals surface area contributed by atoms with Crippen molar-refractivity contribution in [2.24, 2.45) is 0 Å². The monoisotopic (exact) mass is 232 g/mol. The summed E-state index contributed by atoms with van der Waals surface area (Å²) < 4.78 is 0. The number of halogens is 2. The van der Waals surface area contributed by atoms with Crippen molar-refractivity contribution in [3.8, 4) is 0 Å². The van der Waals surface area contributed by atoms with Crippen LogP contribution in [0.15, 0.2) is 18.2 Å². The summed E-state index contributed by atoms with van der Waals surface area (Å²) in [5.41, 5.74) is 0.838. The van der Waals surface area contributed by atoms with Crippen LogP contribution in [0.3, 0.4) is 0 Å². The Morgan fingerprint density at radius 3 is 2.21 bits per heavy atom. The molecule has 78 valence electrons. The van der Waals surface area contributed by atoms with Crippen molar-refractivity contribution < 1.29 is 5.11 Å². The summed E-state index contributed by atoms with van der Waals surface area (Å²) in [6, 6.07) is 5.39. The second kappa shape index (κ2) is 5.01. The first-order valence-electron chi connectivity index (χ1n) is 4.69. The summed E-state index contributed by atoms with van der Waals surface area (Å²) >= 11 is 12.1. The molecule has 0 aromatic heterocycles. The third-order valence-electron chi connectivity index (χ3n) is 2.45. The van der Waals surface area contributed by atoms with E-state index in [2.05, 4.69) is 0 Å². The van der Waals surface area contributed by atoms with Gasteiger partial charge in [0.25, 0.3) is 0 Å². The lowest BCUT2D eigenvalue weighted by molar-refractivity contribution is 0.145. The normalized spacial score (nSPS) is 15.2. The Hall–Kier alpha value is -0.240. The van der Waals surface area contributed by atoms with Crippen LogP contribution < -0.4 is 0 Å². The molecule has 1 rings (SSSR count). The highest BCUT2D eigenvalue weighted by atomic mass is 35.5. The first kappa shape index (κ1) is 11.8. The van der Waals surface area contributed by atoms with Gasteiger partial charge in [-0.15, -0.1) is 0 Å². The van der Waals surface area contributed by atoms with Crippen LogP contribution in [0.2, 0.25) is 10.0 Å². The van der Waals surface area contributed by atoms with Crippen LogP contribution in [-0.2, 0) is 0 Å². The number of hydrogen-bond acceptors (Lipinski definition) is 1. The first-order valence-corrected chi connectivity index (χ1v) is 5.45. The highest BCUT2D eigenvalue weighted by Crippen LogP contribution is 2.33. The molecule has 2 unspecified atom stereocenters. The van der Waals surface area contributed by atoms with E-state index in [4.69, 9.17) is 23.2 Å². The van der Waals surface area contributed by atoms with Crippen LogP contribution in [-0.4, -0.2) is 11.2 Å². The van der Waals surface area contributed by atoms with Crippen molar-refractivity contribution >= 4 is 23.2 Å². The van der Waals surface area contributed by atoms with E-state index in [-0.39, 0.29) is 5.92 Å². The van der Waals surface area contributed by atoms with Gasteiger partial charge in [0.15, 0.2) is 0 Å². The van der Waals surface area contributed by atoms with Gasteiger partial charge in [-0.25, -0.2) is 0 Å². The first-order chi connectivity index (χ1) is 6.57. The van der Waals surface area contributed by atoms with E-state index in [1.807, 2.05) is 13.8 Å². The standard InChI is InChI=1S/C11H14Cl2O/c1-3-10(14)7(2)11-8(12)5-4-6-9(11)13/h4-7,10,14H,3H2,1-2H3. The Bertz CT molecular complexity index is 292. The quantitative estimate of drug-likeness (QED) is 0.840. The molecule has 1 nitrogen and oxygen atoms in total. The topological polar surface area (TPSA) is 20.2 Å².